The number of H-pyrrole nitrogens is 1. The molecule has 7 heteroatoms. The van der Waals surface area contributed by atoms with Crippen molar-refractivity contribution in [3.05, 3.63) is 60.2 Å². The molecule has 0 atom stereocenters. The third kappa shape index (κ3) is 2.70. The number of allylic oxidation sites excluding steroid dienone is 4. The van der Waals surface area contributed by atoms with Crippen LogP contribution in [-0.4, -0.2) is 51.1 Å². The van der Waals surface area contributed by atoms with Gasteiger partial charge in [-0.05, 0) is 24.6 Å². The van der Waals surface area contributed by atoms with Crippen LogP contribution >= 0.6 is 0 Å². The topological polar surface area (TPSA) is 82.6 Å². The van der Waals surface area contributed by atoms with E-state index in [0.717, 1.165) is 70.8 Å². The van der Waals surface area contributed by atoms with E-state index in [1.54, 1.807) is 0 Å². The fourth-order valence-electron chi connectivity index (χ4n) is 4.23. The standard InChI is InChI=1S/C23H21N7/c1-14-11-17-16(5-6-26-21(17)27-14)22-28-19-13-25-12-18(15-3-2-4-15)20(19)23(29-22)30-9-7-24-8-10-30/h2-6,11-13,24H,7-10H2,1H3,(H,26,27). The lowest BCUT2D eigenvalue weighted by Crippen LogP contribution is -2.44. The predicted molar refractivity (Wildman–Crippen MR) is 119 cm³/mol. The van der Waals surface area contributed by atoms with Crippen molar-refractivity contribution in [3.8, 4) is 11.4 Å². The van der Waals surface area contributed by atoms with Crippen molar-refractivity contribution in [2.75, 3.05) is 31.1 Å². The van der Waals surface area contributed by atoms with E-state index in [0.29, 0.717) is 5.82 Å². The molecule has 4 aromatic rings. The molecule has 0 spiro atoms. The van der Waals surface area contributed by atoms with Gasteiger partial charge in [0.2, 0.25) is 0 Å². The van der Waals surface area contributed by atoms with Crippen molar-refractivity contribution < 1.29 is 0 Å². The first kappa shape index (κ1) is 17.3. The van der Waals surface area contributed by atoms with Crippen LogP contribution in [-0.2, 0) is 0 Å². The number of nitrogens with one attached hydrogen (secondary N) is 2. The van der Waals surface area contributed by atoms with Crippen molar-refractivity contribution in [2.24, 2.45) is 0 Å². The van der Waals surface area contributed by atoms with E-state index in [1.165, 1.54) is 5.57 Å². The third-order valence-electron chi connectivity index (χ3n) is 5.77. The van der Waals surface area contributed by atoms with Gasteiger partial charge in [0.05, 0.1) is 17.1 Å². The zero-order valence-electron chi connectivity index (χ0n) is 16.7. The Morgan fingerprint density at radius 1 is 1.07 bits per heavy atom. The monoisotopic (exact) mass is 395 g/mol. The first-order valence-corrected chi connectivity index (χ1v) is 10.2. The summed E-state index contributed by atoms with van der Waals surface area (Å²) in [5.41, 5.74) is 6.04. The van der Waals surface area contributed by atoms with Crippen LogP contribution in [0, 0.1) is 6.92 Å². The van der Waals surface area contributed by atoms with Gasteiger partial charge in [-0.2, -0.15) is 0 Å². The Morgan fingerprint density at radius 3 is 2.73 bits per heavy atom. The number of piperazine rings is 1. The molecule has 0 unspecified atom stereocenters. The minimum Gasteiger partial charge on any atom is -0.353 e. The molecule has 5 heterocycles. The summed E-state index contributed by atoms with van der Waals surface area (Å²) in [5, 5.41) is 5.54. The number of nitrogens with zero attached hydrogens (tertiary/aromatic N) is 5. The number of aryl methyl sites for hydroxylation is 1. The van der Waals surface area contributed by atoms with Gasteiger partial charge in [0.25, 0.3) is 0 Å². The fraction of sp³-hybridized carbons (Fsp3) is 0.217. The van der Waals surface area contributed by atoms with Crippen molar-refractivity contribution in [1.82, 2.24) is 30.2 Å². The fourth-order valence-corrected chi connectivity index (χ4v) is 4.23. The Bertz CT molecular complexity index is 1340. The van der Waals surface area contributed by atoms with Crippen LogP contribution in [0.1, 0.15) is 11.3 Å². The van der Waals surface area contributed by atoms with Gasteiger partial charge >= 0.3 is 0 Å². The first-order chi connectivity index (χ1) is 14.8. The van der Waals surface area contributed by atoms with Gasteiger partial charge in [0.1, 0.15) is 11.5 Å². The number of rotatable bonds is 3. The molecule has 0 bridgehead atoms. The molecule has 1 fully saturated rings. The second kappa shape index (κ2) is 6.74. The molecule has 1 saturated heterocycles. The predicted octanol–water partition coefficient (Wildman–Crippen LogP) is 3.24. The Morgan fingerprint density at radius 2 is 1.93 bits per heavy atom. The summed E-state index contributed by atoms with van der Waals surface area (Å²) < 4.78 is 0. The van der Waals surface area contributed by atoms with Gasteiger partial charge in [0.15, 0.2) is 5.82 Å². The van der Waals surface area contributed by atoms with Crippen LogP contribution < -0.4 is 10.2 Å². The Balaban J connectivity index is 1.63. The molecule has 2 N–H and O–H groups in total. The zero-order chi connectivity index (χ0) is 20.1. The molecule has 4 aromatic heterocycles. The highest BCUT2D eigenvalue weighted by Crippen LogP contribution is 2.36. The lowest BCUT2D eigenvalue weighted by Gasteiger charge is -2.30. The van der Waals surface area contributed by atoms with E-state index in [4.69, 9.17) is 9.97 Å². The van der Waals surface area contributed by atoms with Gasteiger partial charge in [0, 0.05) is 60.8 Å². The van der Waals surface area contributed by atoms with E-state index in [2.05, 4.69) is 49.5 Å². The van der Waals surface area contributed by atoms with E-state index >= 15 is 0 Å². The van der Waals surface area contributed by atoms with Crippen LogP contribution in [0.2, 0.25) is 0 Å². The summed E-state index contributed by atoms with van der Waals surface area (Å²) in [5.74, 6) is 1.69. The number of fused-ring (bicyclic) bond motifs is 2. The van der Waals surface area contributed by atoms with E-state index < -0.39 is 0 Å². The van der Waals surface area contributed by atoms with Gasteiger partial charge in [-0.3, -0.25) is 4.98 Å². The molecule has 0 radical (unpaired) electrons. The van der Waals surface area contributed by atoms with Crippen LogP contribution in [0.25, 0.3) is 38.9 Å². The van der Waals surface area contributed by atoms with Crippen LogP contribution in [0.5, 0.6) is 0 Å². The molecular formula is C23H21N7. The zero-order valence-corrected chi connectivity index (χ0v) is 16.7. The molecule has 6 rings (SSSR count). The number of aromatic nitrogens is 5. The summed E-state index contributed by atoms with van der Waals surface area (Å²) in [6, 6.07) is 4.10. The minimum absolute atomic E-state index is 0.708. The summed E-state index contributed by atoms with van der Waals surface area (Å²) in [6.45, 7) is 5.75. The number of hydrogen-bond donors (Lipinski definition) is 2. The molecule has 148 valence electrons. The quantitative estimate of drug-likeness (QED) is 0.554. The summed E-state index contributed by atoms with van der Waals surface area (Å²) in [4.78, 5) is 24.7. The number of anilines is 1. The average Bonchev–Trinajstić information content (AvgIpc) is 3.12. The molecule has 1 aliphatic heterocycles. The number of hydrogen-bond acceptors (Lipinski definition) is 6. The largest absolute Gasteiger partial charge is 0.353 e. The highest BCUT2D eigenvalue weighted by Gasteiger charge is 2.22. The lowest BCUT2D eigenvalue weighted by atomic mass is 9.97. The maximum Gasteiger partial charge on any atom is 0.163 e. The molecule has 30 heavy (non-hydrogen) atoms. The molecule has 2 aliphatic rings. The van der Waals surface area contributed by atoms with Crippen LogP contribution in [0.4, 0.5) is 5.82 Å². The van der Waals surface area contributed by atoms with E-state index in [1.807, 2.05) is 31.6 Å². The highest BCUT2D eigenvalue weighted by atomic mass is 15.2. The second-order valence-electron chi connectivity index (χ2n) is 7.74. The van der Waals surface area contributed by atoms with Gasteiger partial charge in [-0.25, -0.2) is 15.0 Å². The summed E-state index contributed by atoms with van der Waals surface area (Å²) in [7, 11) is 0. The SMILES string of the molecule is Cc1cc2c(-c3nc(N4CCNCC4)c4c(C5=CC=C5)cncc4n3)ccnc2[nH]1. The molecule has 0 aromatic carbocycles. The minimum atomic E-state index is 0.708. The Hall–Kier alpha value is -3.58. The summed E-state index contributed by atoms with van der Waals surface area (Å²) >= 11 is 0. The smallest absolute Gasteiger partial charge is 0.163 e. The van der Waals surface area contributed by atoms with E-state index in [-0.39, 0.29) is 0 Å². The van der Waals surface area contributed by atoms with Crippen molar-refractivity contribution in [3.63, 3.8) is 0 Å². The molecule has 0 amide bonds. The van der Waals surface area contributed by atoms with Crippen LogP contribution in [0.15, 0.2) is 49.0 Å². The van der Waals surface area contributed by atoms with Crippen molar-refractivity contribution >= 4 is 33.3 Å². The molecule has 7 nitrogen and oxygen atoms in total. The maximum atomic E-state index is 5.12. The number of pyridine rings is 2. The average molecular weight is 395 g/mol. The van der Waals surface area contributed by atoms with Gasteiger partial charge < -0.3 is 15.2 Å². The Labute approximate surface area is 173 Å². The number of aromatic amines is 1. The van der Waals surface area contributed by atoms with Crippen LogP contribution in [0.3, 0.4) is 0 Å². The van der Waals surface area contributed by atoms with Crippen molar-refractivity contribution in [1.29, 1.82) is 0 Å². The maximum absolute atomic E-state index is 5.12. The summed E-state index contributed by atoms with van der Waals surface area (Å²) in [6.07, 6.45) is 11.9. The second-order valence-corrected chi connectivity index (χ2v) is 7.74. The van der Waals surface area contributed by atoms with E-state index in [9.17, 15) is 0 Å². The normalized spacial score (nSPS) is 16.2. The highest BCUT2D eigenvalue weighted by molar-refractivity contribution is 6.03. The molecular weight excluding hydrogens is 374 g/mol. The van der Waals surface area contributed by atoms with Gasteiger partial charge in [-0.15, -0.1) is 0 Å². The third-order valence-corrected chi connectivity index (χ3v) is 5.77. The molecule has 1 aliphatic carbocycles. The van der Waals surface area contributed by atoms with Crippen molar-refractivity contribution in [2.45, 2.75) is 6.92 Å². The first-order valence-electron chi connectivity index (χ1n) is 10.2. The Kier molecular flexibility index (Phi) is 3.89. The van der Waals surface area contributed by atoms with Gasteiger partial charge in [-0.1, -0.05) is 18.2 Å². The lowest BCUT2D eigenvalue weighted by molar-refractivity contribution is 0.586. The molecule has 0 saturated carbocycles.